The predicted octanol–water partition coefficient (Wildman–Crippen LogP) is 4.75. The molecular formula is C26H23IN6O4S. The summed E-state index contributed by atoms with van der Waals surface area (Å²) < 4.78 is 14.1. The molecule has 0 aliphatic carbocycles. The minimum Gasteiger partial charge on any atom is -0.454 e. The number of carbonyl (C=O) groups is 2. The number of hydrogen-bond acceptors (Lipinski definition) is 9. The van der Waals surface area contributed by atoms with Crippen LogP contribution in [0.3, 0.4) is 0 Å². The summed E-state index contributed by atoms with van der Waals surface area (Å²) >= 11 is 3.81. The predicted molar refractivity (Wildman–Crippen MR) is 149 cm³/mol. The highest BCUT2D eigenvalue weighted by Gasteiger charge is 2.34. The van der Waals surface area contributed by atoms with Crippen molar-refractivity contribution in [3.63, 3.8) is 0 Å². The maximum atomic E-state index is 12.6. The lowest BCUT2D eigenvalue weighted by molar-refractivity contribution is 0.0651. The van der Waals surface area contributed by atoms with Gasteiger partial charge >= 0.3 is 0 Å². The van der Waals surface area contributed by atoms with E-state index in [0.717, 1.165) is 45.1 Å². The maximum absolute atomic E-state index is 12.6. The van der Waals surface area contributed by atoms with Crippen LogP contribution in [-0.4, -0.2) is 49.6 Å². The molecule has 0 bridgehead atoms. The minimum atomic E-state index is -0.201. The molecule has 10 nitrogen and oxygen atoms in total. The van der Waals surface area contributed by atoms with Crippen LogP contribution in [0.2, 0.25) is 0 Å². The van der Waals surface area contributed by atoms with Crippen molar-refractivity contribution in [2.24, 2.45) is 0 Å². The van der Waals surface area contributed by atoms with Crippen LogP contribution in [0.25, 0.3) is 11.2 Å². The number of amides is 2. The number of unbranched alkanes of at least 4 members (excludes halogenated alkanes) is 3. The smallest absolute Gasteiger partial charge is 0.261 e. The lowest BCUT2D eigenvalue weighted by Crippen LogP contribution is -2.30. The number of nitrogens with two attached hydrogens (primary N) is 1. The van der Waals surface area contributed by atoms with Crippen molar-refractivity contribution in [1.82, 2.24) is 24.4 Å². The Bertz CT molecular complexity index is 1540. The van der Waals surface area contributed by atoms with Gasteiger partial charge in [0.25, 0.3) is 11.8 Å². The van der Waals surface area contributed by atoms with Crippen molar-refractivity contribution >= 4 is 63.1 Å². The molecule has 0 radical (unpaired) electrons. The molecule has 4 heterocycles. The number of imidazole rings is 1. The zero-order chi connectivity index (χ0) is 26.2. The van der Waals surface area contributed by atoms with Gasteiger partial charge in [-0.2, -0.15) is 0 Å². The van der Waals surface area contributed by atoms with Crippen molar-refractivity contribution in [1.29, 1.82) is 0 Å². The Morgan fingerprint density at radius 2 is 1.63 bits per heavy atom. The van der Waals surface area contributed by atoms with Crippen LogP contribution < -0.4 is 15.2 Å². The minimum absolute atomic E-state index is 0.201. The normalized spacial score (nSPS) is 14.1. The van der Waals surface area contributed by atoms with E-state index in [1.54, 1.807) is 24.3 Å². The van der Waals surface area contributed by atoms with E-state index in [2.05, 4.69) is 37.1 Å². The SMILES string of the molecule is Nc1ncnc2c1nc(Sc1cc3c(cc1I)OCO3)n2CCCCCCN1C(=O)c2ccccc2C1=O. The van der Waals surface area contributed by atoms with Crippen LogP contribution >= 0.6 is 34.4 Å². The summed E-state index contributed by atoms with van der Waals surface area (Å²) in [5.41, 5.74) is 8.37. The fraction of sp³-hybridized carbons (Fsp3) is 0.269. The van der Waals surface area contributed by atoms with Gasteiger partial charge in [-0.25, -0.2) is 15.0 Å². The number of rotatable bonds is 9. The molecule has 2 aromatic carbocycles. The summed E-state index contributed by atoms with van der Waals surface area (Å²) in [7, 11) is 0. The maximum Gasteiger partial charge on any atom is 0.261 e. The number of halogens is 1. The van der Waals surface area contributed by atoms with Crippen LogP contribution in [0.4, 0.5) is 5.82 Å². The fourth-order valence-corrected chi connectivity index (χ4v) is 6.34. The Morgan fingerprint density at radius 3 is 2.37 bits per heavy atom. The van der Waals surface area contributed by atoms with Crippen LogP contribution in [0.5, 0.6) is 11.5 Å². The molecule has 0 saturated heterocycles. The Labute approximate surface area is 236 Å². The molecule has 0 saturated carbocycles. The number of imide groups is 1. The van der Waals surface area contributed by atoms with Crippen molar-refractivity contribution in [3.05, 3.63) is 57.4 Å². The molecule has 12 heteroatoms. The number of anilines is 1. The summed E-state index contributed by atoms with van der Waals surface area (Å²) in [6.45, 7) is 1.34. The molecular weight excluding hydrogens is 619 g/mol. The number of nitrogen functional groups attached to an aromatic ring is 1. The van der Waals surface area contributed by atoms with Crippen molar-refractivity contribution < 1.29 is 19.1 Å². The molecule has 0 atom stereocenters. The summed E-state index contributed by atoms with van der Waals surface area (Å²) in [5, 5.41) is 0.773. The van der Waals surface area contributed by atoms with E-state index in [0.29, 0.717) is 46.9 Å². The molecule has 2 aliphatic rings. The van der Waals surface area contributed by atoms with Gasteiger partial charge in [-0.1, -0.05) is 36.7 Å². The zero-order valence-electron chi connectivity index (χ0n) is 20.2. The molecule has 0 unspecified atom stereocenters. The average molecular weight is 642 g/mol. The van der Waals surface area contributed by atoms with Gasteiger partial charge in [-0.05, 0) is 59.7 Å². The van der Waals surface area contributed by atoms with E-state index < -0.39 is 0 Å². The quantitative estimate of drug-likeness (QED) is 0.157. The Morgan fingerprint density at radius 1 is 0.947 bits per heavy atom. The highest BCUT2D eigenvalue weighted by molar-refractivity contribution is 14.1. The molecule has 0 spiro atoms. The topological polar surface area (TPSA) is 125 Å². The first kappa shape index (κ1) is 24.9. The van der Waals surface area contributed by atoms with Crippen molar-refractivity contribution in [2.75, 3.05) is 19.1 Å². The average Bonchev–Trinajstić information content (AvgIpc) is 3.58. The van der Waals surface area contributed by atoms with Gasteiger partial charge in [0.1, 0.15) is 6.33 Å². The summed E-state index contributed by atoms with van der Waals surface area (Å²) in [4.78, 5) is 40.8. The second kappa shape index (κ2) is 10.4. The Kier molecular flexibility index (Phi) is 6.82. The van der Waals surface area contributed by atoms with E-state index in [1.807, 2.05) is 12.1 Å². The third-order valence-electron chi connectivity index (χ3n) is 6.55. The Balaban J connectivity index is 1.11. The van der Waals surface area contributed by atoms with Gasteiger partial charge in [0.05, 0.1) is 11.1 Å². The number of benzene rings is 2. The number of carbonyl (C=O) groups excluding carboxylic acids is 2. The fourth-order valence-electron chi connectivity index (χ4n) is 4.62. The lowest BCUT2D eigenvalue weighted by atomic mass is 10.1. The van der Waals surface area contributed by atoms with Crippen molar-refractivity contribution in [3.8, 4) is 11.5 Å². The molecule has 2 aromatic heterocycles. The summed E-state index contributed by atoms with van der Waals surface area (Å²) in [6.07, 6.45) is 4.90. The number of fused-ring (bicyclic) bond motifs is 3. The second-order valence-electron chi connectivity index (χ2n) is 8.94. The van der Waals surface area contributed by atoms with Gasteiger partial charge in [-0.3, -0.25) is 14.5 Å². The van der Waals surface area contributed by atoms with Crippen LogP contribution in [-0.2, 0) is 6.54 Å². The molecule has 38 heavy (non-hydrogen) atoms. The molecule has 6 rings (SSSR count). The van der Waals surface area contributed by atoms with E-state index in [-0.39, 0.29) is 18.6 Å². The summed E-state index contributed by atoms with van der Waals surface area (Å²) in [6, 6.07) is 10.9. The number of ether oxygens (including phenoxy) is 2. The lowest BCUT2D eigenvalue weighted by Gasteiger charge is -2.13. The largest absolute Gasteiger partial charge is 0.454 e. The first-order chi connectivity index (χ1) is 18.5. The van der Waals surface area contributed by atoms with Gasteiger partial charge in [0.15, 0.2) is 33.6 Å². The van der Waals surface area contributed by atoms with Gasteiger partial charge in [0, 0.05) is 21.6 Å². The van der Waals surface area contributed by atoms with Gasteiger partial charge in [0.2, 0.25) is 6.79 Å². The third kappa shape index (κ3) is 4.55. The molecule has 194 valence electrons. The standard InChI is InChI=1S/C26H23IN6O4S/c27-17-11-18-19(37-14-36-18)12-20(17)38-26-31-21-22(28)29-13-30-23(21)32(26)9-5-1-2-6-10-33-24(34)15-7-3-4-8-16(15)25(33)35/h3-4,7-8,11-13H,1-2,5-6,9-10,14H2,(H2,28,29,30). The van der Waals surface area contributed by atoms with E-state index in [1.165, 1.54) is 23.0 Å². The highest BCUT2D eigenvalue weighted by atomic mass is 127. The third-order valence-corrected chi connectivity index (χ3v) is 8.86. The highest BCUT2D eigenvalue weighted by Crippen LogP contribution is 2.41. The van der Waals surface area contributed by atoms with Crippen LogP contribution in [0.15, 0.2) is 52.8 Å². The van der Waals surface area contributed by atoms with Crippen molar-refractivity contribution in [2.45, 2.75) is 42.3 Å². The molecule has 4 aromatic rings. The number of nitrogens with zero attached hydrogens (tertiary/aromatic N) is 5. The first-order valence-electron chi connectivity index (χ1n) is 12.2. The number of hydrogen-bond donors (Lipinski definition) is 1. The van der Waals surface area contributed by atoms with Crippen LogP contribution in [0, 0.1) is 3.57 Å². The van der Waals surface area contributed by atoms with Gasteiger partial charge < -0.3 is 19.8 Å². The van der Waals surface area contributed by atoms with E-state index in [4.69, 9.17) is 20.2 Å². The second-order valence-corrected chi connectivity index (χ2v) is 11.1. The molecule has 2 N–H and O–H groups in total. The van der Waals surface area contributed by atoms with E-state index >= 15 is 0 Å². The van der Waals surface area contributed by atoms with Crippen LogP contribution in [0.1, 0.15) is 46.4 Å². The summed E-state index contributed by atoms with van der Waals surface area (Å²) in [5.74, 6) is 1.40. The Hall–Kier alpha value is -3.39. The van der Waals surface area contributed by atoms with Gasteiger partial charge in [-0.15, -0.1) is 0 Å². The monoisotopic (exact) mass is 642 g/mol. The first-order valence-corrected chi connectivity index (χ1v) is 14.1. The molecule has 0 fully saturated rings. The molecule has 2 amide bonds. The van der Waals surface area contributed by atoms with E-state index in [9.17, 15) is 9.59 Å². The number of aryl methyl sites for hydroxylation is 1. The number of aromatic nitrogens is 4. The molecule has 2 aliphatic heterocycles. The zero-order valence-corrected chi connectivity index (χ0v) is 23.2.